The molecule has 18 heavy (non-hydrogen) atoms. The molecule has 5 heteroatoms. The molecule has 0 aliphatic carbocycles. The second-order valence-electron chi connectivity index (χ2n) is 4.99. The molecular formula is C13H19N3O2. The summed E-state index contributed by atoms with van der Waals surface area (Å²) in [5.41, 5.74) is 1.11. The molecule has 1 N–H and O–H groups in total. The maximum Gasteiger partial charge on any atom is 0.320 e. The average molecular weight is 249 g/mol. The van der Waals surface area contributed by atoms with Gasteiger partial charge in [-0.25, -0.2) is 0 Å². The van der Waals surface area contributed by atoms with Gasteiger partial charge in [0, 0.05) is 31.5 Å². The highest BCUT2D eigenvalue weighted by Crippen LogP contribution is 2.23. The second kappa shape index (κ2) is 5.46. The second-order valence-corrected chi connectivity index (χ2v) is 4.99. The largest absolute Gasteiger partial charge is 0.480 e. The minimum Gasteiger partial charge on any atom is -0.480 e. The molecular weight excluding hydrogens is 230 g/mol. The topological polar surface area (TPSA) is 56.7 Å². The van der Waals surface area contributed by atoms with Gasteiger partial charge in [-0.1, -0.05) is 0 Å². The van der Waals surface area contributed by atoms with Crippen LogP contribution < -0.4 is 0 Å². The standard InChI is InChI=1S/C13H19N3O2/c1-15(2)11-7-12(13(17)18)16(9-11)8-10-3-5-14-6-4-10/h3-6,11-12H,7-9H2,1-2H3,(H,17,18)/t11-,12+/m1/s1. The fourth-order valence-electron chi connectivity index (χ4n) is 2.41. The van der Waals surface area contributed by atoms with Crippen molar-refractivity contribution in [3.05, 3.63) is 30.1 Å². The summed E-state index contributed by atoms with van der Waals surface area (Å²) in [4.78, 5) is 19.4. The third-order valence-electron chi connectivity index (χ3n) is 3.53. The maximum absolute atomic E-state index is 11.3. The van der Waals surface area contributed by atoms with Crippen LogP contribution in [0.1, 0.15) is 12.0 Å². The van der Waals surface area contributed by atoms with Gasteiger partial charge in [-0.05, 0) is 38.2 Å². The fraction of sp³-hybridized carbons (Fsp3) is 0.538. The number of nitrogens with zero attached hydrogens (tertiary/aromatic N) is 3. The van der Waals surface area contributed by atoms with Crippen LogP contribution >= 0.6 is 0 Å². The van der Waals surface area contributed by atoms with Crippen molar-refractivity contribution in [2.45, 2.75) is 25.0 Å². The van der Waals surface area contributed by atoms with E-state index in [9.17, 15) is 9.90 Å². The first-order chi connectivity index (χ1) is 8.58. The summed E-state index contributed by atoms with van der Waals surface area (Å²) in [6.45, 7) is 1.47. The molecule has 0 saturated carbocycles. The van der Waals surface area contributed by atoms with Gasteiger partial charge in [0.2, 0.25) is 0 Å². The van der Waals surface area contributed by atoms with Gasteiger partial charge in [0.05, 0.1) is 0 Å². The number of hydrogen-bond acceptors (Lipinski definition) is 4. The monoisotopic (exact) mass is 249 g/mol. The molecule has 0 amide bonds. The highest BCUT2D eigenvalue weighted by molar-refractivity contribution is 5.74. The third kappa shape index (κ3) is 2.86. The molecule has 5 nitrogen and oxygen atoms in total. The zero-order valence-electron chi connectivity index (χ0n) is 10.8. The van der Waals surface area contributed by atoms with E-state index in [1.807, 2.05) is 31.1 Å². The fourth-order valence-corrected chi connectivity index (χ4v) is 2.41. The van der Waals surface area contributed by atoms with E-state index in [1.165, 1.54) is 0 Å². The summed E-state index contributed by atoms with van der Waals surface area (Å²) in [6.07, 6.45) is 4.17. The van der Waals surface area contributed by atoms with Crippen LogP contribution in [-0.4, -0.2) is 58.6 Å². The number of aliphatic carboxylic acids is 1. The van der Waals surface area contributed by atoms with Crippen LogP contribution in [0, 0.1) is 0 Å². The Morgan fingerprint density at radius 3 is 2.72 bits per heavy atom. The third-order valence-corrected chi connectivity index (χ3v) is 3.53. The van der Waals surface area contributed by atoms with Gasteiger partial charge < -0.3 is 10.0 Å². The molecule has 2 rings (SSSR count). The summed E-state index contributed by atoms with van der Waals surface area (Å²) < 4.78 is 0. The van der Waals surface area contributed by atoms with Crippen LogP contribution in [0.4, 0.5) is 0 Å². The molecule has 0 bridgehead atoms. The summed E-state index contributed by atoms with van der Waals surface area (Å²) in [5, 5.41) is 9.29. The molecule has 1 aliphatic heterocycles. The van der Waals surface area contributed by atoms with Crippen molar-refractivity contribution in [3.8, 4) is 0 Å². The van der Waals surface area contributed by atoms with Crippen molar-refractivity contribution in [2.24, 2.45) is 0 Å². The number of carbonyl (C=O) groups is 1. The normalized spacial score (nSPS) is 24.6. The predicted molar refractivity (Wildman–Crippen MR) is 68.2 cm³/mol. The van der Waals surface area contributed by atoms with Gasteiger partial charge in [0.25, 0.3) is 0 Å². The molecule has 1 fully saturated rings. The summed E-state index contributed by atoms with van der Waals surface area (Å²) in [7, 11) is 4.00. The number of aromatic nitrogens is 1. The van der Waals surface area contributed by atoms with Crippen LogP contribution in [-0.2, 0) is 11.3 Å². The summed E-state index contributed by atoms with van der Waals surface area (Å²) >= 11 is 0. The predicted octanol–water partition coefficient (Wildman–Crippen LogP) is 0.671. The van der Waals surface area contributed by atoms with Crippen molar-refractivity contribution in [1.82, 2.24) is 14.8 Å². The lowest BCUT2D eigenvalue weighted by molar-refractivity contribution is -0.142. The van der Waals surface area contributed by atoms with Crippen molar-refractivity contribution in [1.29, 1.82) is 0 Å². The first-order valence-electron chi connectivity index (χ1n) is 6.10. The molecule has 0 spiro atoms. The maximum atomic E-state index is 11.3. The first-order valence-corrected chi connectivity index (χ1v) is 6.10. The number of likely N-dealkylation sites (N-methyl/N-ethyl adjacent to an activating group) is 1. The van der Waals surface area contributed by atoms with Crippen molar-refractivity contribution < 1.29 is 9.90 Å². The summed E-state index contributed by atoms with van der Waals surface area (Å²) in [5.74, 6) is -0.728. The van der Waals surface area contributed by atoms with E-state index >= 15 is 0 Å². The SMILES string of the molecule is CN(C)[C@@H]1C[C@@H](C(=O)O)N(Cc2ccncc2)C1. The minimum absolute atomic E-state index is 0.313. The number of pyridine rings is 1. The van der Waals surface area contributed by atoms with E-state index in [2.05, 4.69) is 9.88 Å². The van der Waals surface area contributed by atoms with Crippen LogP contribution in [0.15, 0.2) is 24.5 Å². The molecule has 0 unspecified atom stereocenters. The summed E-state index contributed by atoms with van der Waals surface area (Å²) in [6, 6.07) is 3.79. The van der Waals surface area contributed by atoms with Gasteiger partial charge >= 0.3 is 5.97 Å². The molecule has 0 radical (unpaired) electrons. The number of likely N-dealkylation sites (tertiary alicyclic amines) is 1. The molecule has 1 aliphatic rings. The van der Waals surface area contributed by atoms with Crippen LogP contribution in [0.2, 0.25) is 0 Å². The van der Waals surface area contributed by atoms with Gasteiger partial charge in [-0.15, -0.1) is 0 Å². The Balaban J connectivity index is 2.08. The van der Waals surface area contributed by atoms with E-state index in [0.29, 0.717) is 19.0 Å². The van der Waals surface area contributed by atoms with E-state index in [-0.39, 0.29) is 6.04 Å². The molecule has 2 heterocycles. The molecule has 1 aromatic heterocycles. The number of carboxylic acids is 1. The average Bonchev–Trinajstić information content (AvgIpc) is 2.74. The Kier molecular flexibility index (Phi) is 3.93. The number of carboxylic acid groups (broad SMARTS) is 1. The van der Waals surface area contributed by atoms with Gasteiger partial charge in [0.1, 0.15) is 6.04 Å². The molecule has 1 saturated heterocycles. The van der Waals surface area contributed by atoms with Gasteiger partial charge in [-0.2, -0.15) is 0 Å². The van der Waals surface area contributed by atoms with Crippen molar-refractivity contribution in [3.63, 3.8) is 0 Å². The number of hydrogen-bond donors (Lipinski definition) is 1. The van der Waals surface area contributed by atoms with Crippen LogP contribution in [0.25, 0.3) is 0 Å². The van der Waals surface area contributed by atoms with Crippen LogP contribution in [0.3, 0.4) is 0 Å². The smallest absolute Gasteiger partial charge is 0.320 e. The molecule has 0 aromatic carbocycles. The lowest BCUT2D eigenvalue weighted by Crippen LogP contribution is -2.35. The van der Waals surface area contributed by atoms with E-state index in [1.54, 1.807) is 12.4 Å². The number of rotatable bonds is 4. The lowest BCUT2D eigenvalue weighted by Gasteiger charge is -2.21. The van der Waals surface area contributed by atoms with Gasteiger partial charge in [0.15, 0.2) is 0 Å². The minimum atomic E-state index is -0.728. The Bertz CT molecular complexity index is 408. The van der Waals surface area contributed by atoms with E-state index in [0.717, 1.165) is 12.1 Å². The zero-order chi connectivity index (χ0) is 13.1. The van der Waals surface area contributed by atoms with Gasteiger partial charge in [-0.3, -0.25) is 14.7 Å². The Morgan fingerprint density at radius 2 is 2.17 bits per heavy atom. The molecule has 2 atom stereocenters. The van der Waals surface area contributed by atoms with Crippen molar-refractivity contribution >= 4 is 5.97 Å². The molecule has 1 aromatic rings. The molecule has 98 valence electrons. The van der Waals surface area contributed by atoms with E-state index < -0.39 is 5.97 Å². The van der Waals surface area contributed by atoms with E-state index in [4.69, 9.17) is 0 Å². The quantitative estimate of drug-likeness (QED) is 0.850. The first kappa shape index (κ1) is 13.0. The highest BCUT2D eigenvalue weighted by Gasteiger charge is 2.37. The Hall–Kier alpha value is -1.46. The Morgan fingerprint density at radius 1 is 1.50 bits per heavy atom. The van der Waals surface area contributed by atoms with Crippen molar-refractivity contribution in [2.75, 3.05) is 20.6 Å². The van der Waals surface area contributed by atoms with Crippen LogP contribution in [0.5, 0.6) is 0 Å². The zero-order valence-corrected chi connectivity index (χ0v) is 10.8. The highest BCUT2D eigenvalue weighted by atomic mass is 16.4. The lowest BCUT2D eigenvalue weighted by atomic mass is 10.1. The Labute approximate surface area is 107 Å².